The van der Waals surface area contributed by atoms with Gasteiger partial charge in [0.1, 0.15) is 0 Å². The number of hydrogen-bond acceptors (Lipinski definition) is 7. The maximum Gasteiger partial charge on any atom is 0.231 e. The Balaban J connectivity index is 1.47. The number of fused-ring (bicyclic) bond motifs is 1. The van der Waals surface area contributed by atoms with E-state index in [2.05, 4.69) is 34.7 Å². The second-order valence-corrected chi connectivity index (χ2v) is 6.81. The van der Waals surface area contributed by atoms with Crippen molar-refractivity contribution >= 4 is 23.4 Å². The Morgan fingerprint density at radius 2 is 2.21 bits per heavy atom. The molecule has 128 valence electrons. The monoisotopic (exact) mass is 349 g/mol. The molecule has 0 saturated carbocycles. The van der Waals surface area contributed by atoms with Crippen molar-refractivity contribution < 1.29 is 14.3 Å². The summed E-state index contributed by atoms with van der Waals surface area (Å²) in [6.45, 7) is 5.19. The SMILES string of the molecule is CC(C)Cn1nnnc1SCCC(=O)Nc1ccc2c(c1)OCO2. The number of hydrogen-bond donors (Lipinski definition) is 1. The molecule has 2 heterocycles. The fraction of sp³-hybridized carbons (Fsp3) is 0.467. The number of anilines is 1. The Hall–Kier alpha value is -2.29. The van der Waals surface area contributed by atoms with E-state index in [0.29, 0.717) is 35.3 Å². The summed E-state index contributed by atoms with van der Waals surface area (Å²) < 4.78 is 12.3. The molecule has 1 amide bonds. The number of nitrogens with one attached hydrogen (secondary N) is 1. The van der Waals surface area contributed by atoms with Crippen molar-refractivity contribution in [3.63, 3.8) is 0 Å². The molecule has 0 fully saturated rings. The van der Waals surface area contributed by atoms with Crippen LogP contribution in [0.2, 0.25) is 0 Å². The average Bonchev–Trinajstić information content (AvgIpc) is 3.16. The van der Waals surface area contributed by atoms with Crippen molar-refractivity contribution in [3.05, 3.63) is 18.2 Å². The van der Waals surface area contributed by atoms with Crippen molar-refractivity contribution in [1.29, 1.82) is 0 Å². The Bertz CT molecular complexity index is 719. The number of thioether (sulfide) groups is 1. The van der Waals surface area contributed by atoms with Gasteiger partial charge < -0.3 is 14.8 Å². The summed E-state index contributed by atoms with van der Waals surface area (Å²) in [6, 6.07) is 5.34. The van der Waals surface area contributed by atoms with E-state index in [0.717, 1.165) is 11.7 Å². The summed E-state index contributed by atoms with van der Waals surface area (Å²) in [5.74, 6) is 2.34. The van der Waals surface area contributed by atoms with Gasteiger partial charge in [-0.15, -0.1) is 5.10 Å². The van der Waals surface area contributed by atoms with E-state index in [1.165, 1.54) is 11.8 Å². The van der Waals surface area contributed by atoms with Crippen LogP contribution in [-0.2, 0) is 11.3 Å². The molecule has 0 unspecified atom stereocenters. The summed E-state index contributed by atoms with van der Waals surface area (Å²) in [5, 5.41) is 15.2. The zero-order valence-electron chi connectivity index (χ0n) is 13.6. The molecule has 24 heavy (non-hydrogen) atoms. The zero-order chi connectivity index (χ0) is 16.9. The van der Waals surface area contributed by atoms with Gasteiger partial charge in [0.15, 0.2) is 11.5 Å². The number of nitrogens with zero attached hydrogens (tertiary/aromatic N) is 4. The van der Waals surface area contributed by atoms with Crippen molar-refractivity contribution in [3.8, 4) is 11.5 Å². The first kappa shape index (κ1) is 16.6. The van der Waals surface area contributed by atoms with Gasteiger partial charge >= 0.3 is 0 Å². The number of rotatable bonds is 7. The van der Waals surface area contributed by atoms with Crippen molar-refractivity contribution in [2.45, 2.75) is 32.0 Å². The van der Waals surface area contributed by atoms with E-state index >= 15 is 0 Å². The minimum Gasteiger partial charge on any atom is -0.454 e. The molecule has 2 aromatic rings. The van der Waals surface area contributed by atoms with E-state index in [4.69, 9.17) is 9.47 Å². The first-order valence-corrected chi connectivity index (χ1v) is 8.69. The first-order valence-electron chi connectivity index (χ1n) is 7.70. The zero-order valence-corrected chi connectivity index (χ0v) is 14.4. The van der Waals surface area contributed by atoms with E-state index in [1.807, 2.05) is 0 Å². The van der Waals surface area contributed by atoms with Crippen LogP contribution in [0.4, 0.5) is 5.69 Å². The lowest BCUT2D eigenvalue weighted by Crippen LogP contribution is -2.12. The molecule has 0 bridgehead atoms. The van der Waals surface area contributed by atoms with Gasteiger partial charge in [0.2, 0.25) is 17.9 Å². The molecule has 9 heteroatoms. The second kappa shape index (κ2) is 7.52. The molecule has 1 aliphatic rings. The minimum absolute atomic E-state index is 0.0655. The second-order valence-electron chi connectivity index (χ2n) is 5.75. The summed E-state index contributed by atoms with van der Waals surface area (Å²) >= 11 is 1.48. The smallest absolute Gasteiger partial charge is 0.231 e. The maximum absolute atomic E-state index is 12.0. The normalized spacial score (nSPS) is 12.6. The first-order chi connectivity index (χ1) is 11.6. The number of ether oxygens (including phenoxy) is 2. The van der Waals surface area contributed by atoms with Crippen molar-refractivity contribution in [1.82, 2.24) is 20.2 Å². The molecule has 1 aliphatic heterocycles. The number of carbonyl (C=O) groups is 1. The van der Waals surface area contributed by atoms with Crippen LogP contribution in [0, 0.1) is 5.92 Å². The third-order valence-electron chi connectivity index (χ3n) is 3.25. The number of carbonyl (C=O) groups excluding carboxylic acids is 1. The van der Waals surface area contributed by atoms with Crippen LogP contribution in [0.5, 0.6) is 11.5 Å². The van der Waals surface area contributed by atoms with Gasteiger partial charge in [0, 0.05) is 30.5 Å². The molecule has 0 saturated heterocycles. The molecule has 1 aromatic heterocycles. The number of benzene rings is 1. The highest BCUT2D eigenvalue weighted by atomic mass is 32.2. The van der Waals surface area contributed by atoms with Crippen LogP contribution >= 0.6 is 11.8 Å². The standard InChI is InChI=1S/C15H19N5O3S/c1-10(2)8-20-15(17-18-19-20)24-6-5-14(21)16-11-3-4-12-13(7-11)23-9-22-12/h3-4,7,10H,5-6,8-9H2,1-2H3,(H,16,21). The van der Waals surface area contributed by atoms with E-state index < -0.39 is 0 Å². The summed E-state index contributed by atoms with van der Waals surface area (Å²) in [4.78, 5) is 12.0. The molecule has 0 atom stereocenters. The van der Waals surface area contributed by atoms with Crippen LogP contribution in [0.3, 0.4) is 0 Å². The summed E-state index contributed by atoms with van der Waals surface area (Å²) in [5.41, 5.74) is 0.693. The van der Waals surface area contributed by atoms with Gasteiger partial charge in [0.05, 0.1) is 0 Å². The predicted octanol–water partition coefficient (Wildman–Crippen LogP) is 2.18. The van der Waals surface area contributed by atoms with Gasteiger partial charge in [-0.2, -0.15) is 0 Å². The highest BCUT2D eigenvalue weighted by Gasteiger charge is 2.14. The number of tetrazole rings is 1. The highest BCUT2D eigenvalue weighted by Crippen LogP contribution is 2.34. The average molecular weight is 349 g/mol. The Kier molecular flexibility index (Phi) is 5.19. The topological polar surface area (TPSA) is 91.2 Å². The van der Waals surface area contributed by atoms with Gasteiger partial charge in [-0.25, -0.2) is 4.68 Å². The van der Waals surface area contributed by atoms with E-state index in [9.17, 15) is 4.79 Å². The molecular weight excluding hydrogens is 330 g/mol. The Morgan fingerprint density at radius 1 is 1.38 bits per heavy atom. The predicted molar refractivity (Wildman–Crippen MR) is 89.2 cm³/mol. The molecule has 1 N–H and O–H groups in total. The quantitative estimate of drug-likeness (QED) is 0.766. The third-order valence-corrected chi connectivity index (χ3v) is 4.21. The van der Waals surface area contributed by atoms with Gasteiger partial charge in [-0.3, -0.25) is 4.79 Å². The Morgan fingerprint density at radius 3 is 3.04 bits per heavy atom. The largest absolute Gasteiger partial charge is 0.454 e. The molecule has 1 aromatic carbocycles. The van der Waals surface area contributed by atoms with Gasteiger partial charge in [-0.1, -0.05) is 25.6 Å². The molecule has 0 spiro atoms. The third kappa shape index (κ3) is 4.16. The minimum atomic E-state index is -0.0655. The van der Waals surface area contributed by atoms with Crippen LogP contribution < -0.4 is 14.8 Å². The molecule has 8 nitrogen and oxygen atoms in total. The summed E-state index contributed by atoms with van der Waals surface area (Å²) in [6.07, 6.45) is 0.369. The fourth-order valence-electron chi connectivity index (χ4n) is 2.19. The number of amides is 1. The van der Waals surface area contributed by atoms with Crippen LogP contribution in [0.15, 0.2) is 23.4 Å². The Labute approximate surface area is 143 Å². The van der Waals surface area contributed by atoms with Crippen LogP contribution in [0.1, 0.15) is 20.3 Å². The maximum atomic E-state index is 12.0. The molecule has 0 aliphatic carbocycles. The molecule has 0 radical (unpaired) electrons. The fourth-order valence-corrected chi connectivity index (χ4v) is 3.02. The molecule has 3 rings (SSSR count). The highest BCUT2D eigenvalue weighted by molar-refractivity contribution is 7.99. The van der Waals surface area contributed by atoms with Crippen LogP contribution in [-0.4, -0.2) is 38.7 Å². The number of aromatic nitrogens is 4. The van der Waals surface area contributed by atoms with Crippen molar-refractivity contribution in [2.24, 2.45) is 5.92 Å². The van der Waals surface area contributed by atoms with E-state index in [-0.39, 0.29) is 12.7 Å². The van der Waals surface area contributed by atoms with Gasteiger partial charge in [0.25, 0.3) is 0 Å². The lowest BCUT2D eigenvalue weighted by Gasteiger charge is -2.07. The van der Waals surface area contributed by atoms with E-state index in [1.54, 1.807) is 22.9 Å². The van der Waals surface area contributed by atoms with Crippen molar-refractivity contribution in [2.75, 3.05) is 17.9 Å². The summed E-state index contributed by atoms with van der Waals surface area (Å²) in [7, 11) is 0. The lowest BCUT2D eigenvalue weighted by molar-refractivity contribution is -0.115. The lowest BCUT2D eigenvalue weighted by atomic mass is 10.2. The van der Waals surface area contributed by atoms with Gasteiger partial charge in [-0.05, 0) is 28.5 Å². The molecular formula is C15H19N5O3S. The van der Waals surface area contributed by atoms with Crippen LogP contribution in [0.25, 0.3) is 0 Å².